The van der Waals surface area contributed by atoms with Crippen LogP contribution in [-0.2, 0) is 6.61 Å². The Balaban J connectivity index is 1.79. The van der Waals surface area contributed by atoms with Crippen molar-refractivity contribution in [2.24, 2.45) is 5.10 Å². The minimum atomic E-state index is -0.279. The van der Waals surface area contributed by atoms with E-state index >= 15 is 0 Å². The van der Waals surface area contributed by atoms with Crippen molar-refractivity contribution in [3.8, 4) is 11.5 Å². The largest absolute Gasteiger partial charge is 0.493 e. The fourth-order valence-corrected chi connectivity index (χ4v) is 2.59. The second kappa shape index (κ2) is 8.23. The van der Waals surface area contributed by atoms with Crippen LogP contribution in [0.4, 0.5) is 5.82 Å². The Morgan fingerprint density at radius 2 is 1.85 bits per heavy atom. The predicted molar refractivity (Wildman–Crippen MR) is 107 cm³/mol. The van der Waals surface area contributed by atoms with E-state index in [0.29, 0.717) is 18.1 Å². The molecule has 27 heavy (non-hydrogen) atoms. The van der Waals surface area contributed by atoms with E-state index < -0.39 is 0 Å². The number of pyridine rings is 1. The van der Waals surface area contributed by atoms with Crippen molar-refractivity contribution in [3.63, 3.8) is 0 Å². The molecule has 2 N–H and O–H groups in total. The van der Waals surface area contributed by atoms with E-state index in [1.54, 1.807) is 25.5 Å². The van der Waals surface area contributed by atoms with Crippen molar-refractivity contribution >= 4 is 12.0 Å². The molecule has 0 saturated heterocycles. The van der Waals surface area contributed by atoms with E-state index in [-0.39, 0.29) is 11.4 Å². The summed E-state index contributed by atoms with van der Waals surface area (Å²) >= 11 is 0. The van der Waals surface area contributed by atoms with Crippen molar-refractivity contribution in [1.82, 2.24) is 4.68 Å². The molecule has 1 heterocycles. The average Bonchev–Trinajstić information content (AvgIpc) is 2.66. The molecule has 0 fully saturated rings. The average molecular weight is 363 g/mol. The molecule has 6 nitrogen and oxygen atoms in total. The van der Waals surface area contributed by atoms with Gasteiger partial charge in [-0.05, 0) is 47.9 Å². The topological polar surface area (TPSA) is 78.8 Å². The second-order valence-corrected chi connectivity index (χ2v) is 6.04. The molecule has 3 aromatic rings. The van der Waals surface area contributed by atoms with Gasteiger partial charge in [0.15, 0.2) is 11.5 Å². The van der Waals surface area contributed by atoms with Gasteiger partial charge in [0.05, 0.1) is 13.3 Å². The molecule has 0 saturated carbocycles. The summed E-state index contributed by atoms with van der Waals surface area (Å²) in [4.78, 5) is 12.0. The van der Waals surface area contributed by atoms with Crippen molar-refractivity contribution in [1.29, 1.82) is 0 Å². The molecular weight excluding hydrogens is 342 g/mol. The Kier molecular flexibility index (Phi) is 5.56. The molecule has 0 aliphatic carbocycles. The lowest BCUT2D eigenvalue weighted by atomic mass is 10.2. The van der Waals surface area contributed by atoms with Gasteiger partial charge in [0.2, 0.25) is 0 Å². The molecular formula is C21H21N3O3. The first-order chi connectivity index (χ1) is 13.1. The molecule has 0 bridgehead atoms. The maximum atomic E-state index is 12.0. The van der Waals surface area contributed by atoms with Crippen LogP contribution in [0.3, 0.4) is 0 Å². The number of hydrogen-bond acceptors (Lipinski definition) is 5. The smallest absolute Gasteiger partial charge is 0.273 e. The number of benzene rings is 2. The maximum Gasteiger partial charge on any atom is 0.273 e. The monoisotopic (exact) mass is 363 g/mol. The third-order valence-electron chi connectivity index (χ3n) is 3.93. The zero-order valence-corrected chi connectivity index (χ0v) is 15.3. The Morgan fingerprint density at radius 3 is 2.56 bits per heavy atom. The molecule has 0 atom stereocenters. The Morgan fingerprint density at radius 1 is 1.07 bits per heavy atom. The zero-order valence-electron chi connectivity index (χ0n) is 15.3. The summed E-state index contributed by atoms with van der Waals surface area (Å²) in [5, 5.41) is 4.17. The molecule has 0 radical (unpaired) electrons. The highest BCUT2D eigenvalue weighted by molar-refractivity contribution is 5.81. The number of nitrogen functional groups attached to an aromatic ring is 1. The van der Waals surface area contributed by atoms with Crippen LogP contribution in [0.15, 0.2) is 70.6 Å². The highest BCUT2D eigenvalue weighted by Crippen LogP contribution is 2.28. The number of nitrogens with two attached hydrogens (primary N) is 1. The number of nitrogens with zero attached hydrogens (tertiary/aromatic N) is 2. The van der Waals surface area contributed by atoms with Gasteiger partial charge in [0.1, 0.15) is 12.4 Å². The summed E-state index contributed by atoms with van der Waals surface area (Å²) in [5.74, 6) is 1.50. The van der Waals surface area contributed by atoms with Crippen LogP contribution in [0.2, 0.25) is 0 Å². The van der Waals surface area contributed by atoms with Crippen molar-refractivity contribution < 1.29 is 9.47 Å². The summed E-state index contributed by atoms with van der Waals surface area (Å²) in [5.41, 5.74) is 8.21. The van der Waals surface area contributed by atoms with Crippen LogP contribution in [0.25, 0.3) is 0 Å². The fourth-order valence-electron chi connectivity index (χ4n) is 2.59. The van der Waals surface area contributed by atoms with E-state index in [9.17, 15) is 4.79 Å². The molecule has 2 aromatic carbocycles. The lowest BCUT2D eigenvalue weighted by Crippen LogP contribution is -2.19. The highest BCUT2D eigenvalue weighted by atomic mass is 16.5. The second-order valence-electron chi connectivity index (χ2n) is 6.04. The van der Waals surface area contributed by atoms with E-state index in [1.807, 2.05) is 49.4 Å². The van der Waals surface area contributed by atoms with Crippen molar-refractivity contribution in [2.75, 3.05) is 12.8 Å². The van der Waals surface area contributed by atoms with Crippen LogP contribution in [0.1, 0.15) is 16.7 Å². The zero-order chi connectivity index (χ0) is 19.2. The normalized spacial score (nSPS) is 10.9. The van der Waals surface area contributed by atoms with Crippen molar-refractivity contribution in [2.45, 2.75) is 13.5 Å². The van der Waals surface area contributed by atoms with Gasteiger partial charge in [-0.15, -0.1) is 0 Å². The number of rotatable bonds is 6. The summed E-state index contributed by atoms with van der Waals surface area (Å²) < 4.78 is 12.4. The summed E-state index contributed by atoms with van der Waals surface area (Å²) in [6.07, 6.45) is 1.55. The highest BCUT2D eigenvalue weighted by Gasteiger charge is 2.06. The van der Waals surface area contributed by atoms with E-state index in [2.05, 4.69) is 5.10 Å². The van der Waals surface area contributed by atoms with Crippen LogP contribution in [0.5, 0.6) is 11.5 Å². The molecule has 0 aliphatic rings. The molecule has 6 heteroatoms. The predicted octanol–water partition coefficient (Wildman–Crippen LogP) is 3.21. The quantitative estimate of drug-likeness (QED) is 0.682. The van der Waals surface area contributed by atoms with Gasteiger partial charge >= 0.3 is 0 Å². The summed E-state index contributed by atoms with van der Waals surface area (Å²) in [6.45, 7) is 2.25. The van der Waals surface area contributed by atoms with Crippen LogP contribution >= 0.6 is 0 Å². The van der Waals surface area contributed by atoms with Gasteiger partial charge in [-0.2, -0.15) is 9.78 Å². The van der Waals surface area contributed by atoms with Gasteiger partial charge < -0.3 is 15.2 Å². The van der Waals surface area contributed by atoms with Gasteiger partial charge in [0, 0.05) is 6.07 Å². The number of aromatic nitrogens is 1. The molecule has 138 valence electrons. The van der Waals surface area contributed by atoms with Gasteiger partial charge in [-0.25, -0.2) is 0 Å². The van der Waals surface area contributed by atoms with Crippen LogP contribution < -0.4 is 20.8 Å². The number of anilines is 1. The summed E-state index contributed by atoms with van der Waals surface area (Å²) in [7, 11) is 1.58. The number of hydrogen-bond donors (Lipinski definition) is 1. The number of aryl methyl sites for hydroxylation is 1. The van der Waals surface area contributed by atoms with Crippen molar-refractivity contribution in [3.05, 3.63) is 87.7 Å². The van der Waals surface area contributed by atoms with Crippen LogP contribution in [-0.4, -0.2) is 18.0 Å². The number of methoxy groups -OCH3 is 1. The molecule has 0 spiro atoms. The fraction of sp³-hybridized carbons (Fsp3) is 0.143. The third-order valence-corrected chi connectivity index (χ3v) is 3.93. The van der Waals surface area contributed by atoms with Gasteiger partial charge in [-0.1, -0.05) is 30.3 Å². The maximum absolute atomic E-state index is 12.0. The SMILES string of the molecule is COc1cc(C=Nn2c(N)cc(C)cc2=O)ccc1OCc1ccccc1. The lowest BCUT2D eigenvalue weighted by molar-refractivity contribution is 0.284. The molecule has 0 aliphatic heterocycles. The van der Waals surface area contributed by atoms with E-state index in [0.717, 1.165) is 21.4 Å². The van der Waals surface area contributed by atoms with E-state index in [4.69, 9.17) is 15.2 Å². The van der Waals surface area contributed by atoms with Gasteiger partial charge in [0.25, 0.3) is 5.56 Å². The third kappa shape index (κ3) is 4.55. The Bertz CT molecular complexity index is 1010. The van der Waals surface area contributed by atoms with Crippen LogP contribution in [0, 0.1) is 6.92 Å². The molecule has 0 unspecified atom stereocenters. The van der Waals surface area contributed by atoms with Gasteiger partial charge in [-0.3, -0.25) is 4.79 Å². The molecule has 0 amide bonds. The minimum absolute atomic E-state index is 0.279. The first kappa shape index (κ1) is 18.3. The lowest BCUT2D eigenvalue weighted by Gasteiger charge is -2.11. The number of ether oxygens (including phenoxy) is 2. The Hall–Kier alpha value is -3.54. The molecule has 1 aromatic heterocycles. The van der Waals surface area contributed by atoms with E-state index in [1.165, 1.54) is 6.07 Å². The molecule has 3 rings (SSSR count). The minimum Gasteiger partial charge on any atom is -0.493 e. The Labute approximate surface area is 157 Å². The first-order valence-corrected chi connectivity index (χ1v) is 8.45. The summed E-state index contributed by atoms with van der Waals surface area (Å²) in [6, 6.07) is 18.5. The standard InChI is InChI=1S/C21H21N3O3/c1-15-10-20(22)24(21(25)11-15)23-13-17-8-9-18(19(12-17)26-2)27-14-16-6-4-3-5-7-16/h3-13H,14,22H2,1-2H3. The first-order valence-electron chi connectivity index (χ1n) is 8.45.